The number of hydrogen-bond acceptors (Lipinski definition) is 3. The first-order valence-corrected chi connectivity index (χ1v) is 9.53. The maximum atomic E-state index is 12.3. The number of ether oxygens (including phenoxy) is 1. The van der Waals surface area contributed by atoms with Gasteiger partial charge in [-0.25, -0.2) is 4.79 Å². The van der Waals surface area contributed by atoms with Crippen LogP contribution < -0.4 is 11.1 Å². The fourth-order valence-corrected chi connectivity index (χ4v) is 3.95. The molecule has 0 atom stereocenters. The fourth-order valence-electron chi connectivity index (χ4n) is 3.95. The van der Waals surface area contributed by atoms with Crippen LogP contribution in [0.4, 0.5) is 10.5 Å². The Morgan fingerprint density at radius 1 is 1.10 bits per heavy atom. The van der Waals surface area contributed by atoms with Crippen LogP contribution in [0.3, 0.4) is 0 Å². The third kappa shape index (κ3) is 3.55. The molecule has 0 radical (unpaired) electrons. The number of nitrogens with two attached hydrogens (primary N) is 1. The molecule has 29 heavy (non-hydrogen) atoms. The number of hydrogen-bond donors (Lipinski definition) is 2. The molecule has 4 rings (SSSR count). The number of anilines is 1. The monoisotopic (exact) mass is 382 g/mol. The van der Waals surface area contributed by atoms with Crippen LogP contribution in [0.15, 0.2) is 60.7 Å². The topological polar surface area (TPSA) is 64.3 Å². The predicted octanol–water partition coefficient (Wildman–Crippen LogP) is 4.60. The number of benzene rings is 3. The van der Waals surface area contributed by atoms with Crippen LogP contribution in [0.2, 0.25) is 0 Å². The molecule has 0 heterocycles. The van der Waals surface area contributed by atoms with Gasteiger partial charge >= 0.3 is 6.09 Å². The van der Waals surface area contributed by atoms with Crippen molar-refractivity contribution in [3.8, 4) is 23.5 Å². The van der Waals surface area contributed by atoms with Crippen molar-refractivity contribution < 1.29 is 9.53 Å². The van der Waals surface area contributed by atoms with E-state index in [0.29, 0.717) is 12.2 Å². The zero-order valence-electron chi connectivity index (χ0n) is 16.2. The summed E-state index contributed by atoms with van der Waals surface area (Å²) >= 11 is 0. The predicted molar refractivity (Wildman–Crippen MR) is 115 cm³/mol. The number of nitrogen functional groups attached to an aromatic ring is 1. The van der Waals surface area contributed by atoms with Crippen LogP contribution in [0.25, 0.3) is 11.1 Å². The van der Waals surface area contributed by atoms with Crippen molar-refractivity contribution in [3.63, 3.8) is 0 Å². The van der Waals surface area contributed by atoms with Crippen molar-refractivity contribution in [2.75, 3.05) is 12.3 Å². The van der Waals surface area contributed by atoms with E-state index in [9.17, 15) is 4.79 Å². The molecule has 3 aromatic carbocycles. The van der Waals surface area contributed by atoms with Gasteiger partial charge in [0.2, 0.25) is 0 Å². The Morgan fingerprint density at radius 2 is 1.72 bits per heavy atom. The number of amides is 1. The molecule has 0 fully saturated rings. The van der Waals surface area contributed by atoms with E-state index in [2.05, 4.69) is 35.5 Å². The summed E-state index contributed by atoms with van der Waals surface area (Å²) in [7, 11) is 0. The zero-order chi connectivity index (χ0) is 20.4. The van der Waals surface area contributed by atoms with Crippen molar-refractivity contribution in [1.82, 2.24) is 5.32 Å². The lowest BCUT2D eigenvalue weighted by Gasteiger charge is -2.15. The Labute approximate surface area is 170 Å². The number of terminal acetylenes is 1. The van der Waals surface area contributed by atoms with Gasteiger partial charge in [-0.3, -0.25) is 0 Å². The molecule has 3 N–H and O–H groups in total. The summed E-state index contributed by atoms with van der Waals surface area (Å²) < 4.78 is 5.57. The van der Waals surface area contributed by atoms with Crippen LogP contribution in [-0.2, 0) is 11.3 Å². The van der Waals surface area contributed by atoms with Gasteiger partial charge in [0.1, 0.15) is 6.61 Å². The molecule has 0 unspecified atom stereocenters. The highest BCUT2D eigenvalue weighted by atomic mass is 16.5. The maximum absolute atomic E-state index is 12.3. The summed E-state index contributed by atoms with van der Waals surface area (Å²) in [5.74, 6) is 2.66. The molecule has 1 amide bonds. The lowest BCUT2D eigenvalue weighted by Crippen LogP contribution is -2.26. The molecule has 0 saturated carbocycles. The molecule has 4 heteroatoms. The van der Waals surface area contributed by atoms with Crippen LogP contribution in [0, 0.1) is 19.3 Å². The second-order valence-electron chi connectivity index (χ2n) is 7.18. The van der Waals surface area contributed by atoms with E-state index >= 15 is 0 Å². The van der Waals surface area contributed by atoms with E-state index in [0.717, 1.165) is 16.7 Å². The van der Waals surface area contributed by atoms with Crippen LogP contribution >= 0.6 is 0 Å². The standard InChI is InChI=1S/C25H22N2O2/c1-3-17-12-19(26)13-18(16(17)2)14-27-25(28)29-15-24-22-10-6-4-8-20(22)21-9-5-7-11-23(21)24/h1,4-13,24H,14-15,26H2,2H3,(H,27,28). The highest BCUT2D eigenvalue weighted by Gasteiger charge is 2.28. The van der Waals surface area contributed by atoms with E-state index in [1.165, 1.54) is 22.3 Å². The van der Waals surface area contributed by atoms with Crippen molar-refractivity contribution in [2.45, 2.75) is 19.4 Å². The van der Waals surface area contributed by atoms with Gasteiger partial charge in [0.25, 0.3) is 0 Å². The third-order valence-corrected chi connectivity index (χ3v) is 5.46. The second kappa shape index (κ2) is 7.73. The molecule has 0 aromatic heterocycles. The van der Waals surface area contributed by atoms with E-state index in [4.69, 9.17) is 16.9 Å². The van der Waals surface area contributed by atoms with Gasteiger partial charge in [-0.05, 0) is 52.4 Å². The summed E-state index contributed by atoms with van der Waals surface area (Å²) in [6.45, 7) is 2.51. The van der Waals surface area contributed by atoms with E-state index in [-0.39, 0.29) is 12.5 Å². The van der Waals surface area contributed by atoms with Crippen molar-refractivity contribution in [3.05, 3.63) is 88.5 Å². The van der Waals surface area contributed by atoms with E-state index < -0.39 is 6.09 Å². The Morgan fingerprint density at radius 3 is 2.34 bits per heavy atom. The minimum Gasteiger partial charge on any atom is -0.449 e. The first-order chi connectivity index (χ1) is 14.1. The van der Waals surface area contributed by atoms with Crippen molar-refractivity contribution in [1.29, 1.82) is 0 Å². The molecule has 1 aliphatic rings. The van der Waals surface area contributed by atoms with Crippen LogP contribution in [0.5, 0.6) is 0 Å². The Balaban J connectivity index is 1.44. The largest absolute Gasteiger partial charge is 0.449 e. The molecule has 0 aliphatic heterocycles. The molecule has 1 aliphatic carbocycles. The Bertz CT molecular complexity index is 1080. The smallest absolute Gasteiger partial charge is 0.407 e. The summed E-state index contributed by atoms with van der Waals surface area (Å²) in [5.41, 5.74) is 13.8. The van der Waals surface area contributed by atoms with Gasteiger partial charge in [0.05, 0.1) is 0 Å². The minimum absolute atomic E-state index is 0.0373. The van der Waals surface area contributed by atoms with E-state index in [1.54, 1.807) is 6.07 Å². The number of fused-ring (bicyclic) bond motifs is 3. The quantitative estimate of drug-likeness (QED) is 0.512. The molecule has 0 spiro atoms. The average Bonchev–Trinajstić information content (AvgIpc) is 3.06. The van der Waals surface area contributed by atoms with Gasteiger partial charge in [0, 0.05) is 23.7 Å². The number of carbonyl (C=O) groups excluding carboxylic acids is 1. The minimum atomic E-state index is -0.462. The van der Waals surface area contributed by atoms with Gasteiger partial charge in [-0.15, -0.1) is 6.42 Å². The van der Waals surface area contributed by atoms with Crippen molar-refractivity contribution >= 4 is 11.8 Å². The lowest BCUT2D eigenvalue weighted by molar-refractivity contribution is 0.142. The number of alkyl carbamates (subject to hydrolysis) is 1. The number of nitrogens with one attached hydrogen (secondary N) is 1. The SMILES string of the molecule is C#Cc1cc(N)cc(CNC(=O)OCC2c3ccccc3-c3ccccc32)c1C. The molecular formula is C25H22N2O2. The second-order valence-corrected chi connectivity index (χ2v) is 7.18. The van der Waals surface area contributed by atoms with Gasteiger partial charge in [-0.2, -0.15) is 0 Å². The lowest BCUT2D eigenvalue weighted by atomic mass is 9.98. The number of rotatable bonds is 4. The molecule has 144 valence electrons. The summed E-state index contributed by atoms with van der Waals surface area (Å²) in [5, 5.41) is 2.80. The first-order valence-electron chi connectivity index (χ1n) is 9.53. The van der Waals surface area contributed by atoms with Gasteiger partial charge in [-0.1, -0.05) is 54.5 Å². The third-order valence-electron chi connectivity index (χ3n) is 5.46. The Kier molecular flexibility index (Phi) is 4.97. The molecule has 4 nitrogen and oxygen atoms in total. The highest BCUT2D eigenvalue weighted by Crippen LogP contribution is 2.44. The first kappa shape index (κ1) is 18.6. The zero-order valence-corrected chi connectivity index (χ0v) is 16.2. The normalized spacial score (nSPS) is 12.0. The molecular weight excluding hydrogens is 360 g/mol. The fraction of sp³-hybridized carbons (Fsp3) is 0.160. The highest BCUT2D eigenvalue weighted by molar-refractivity contribution is 5.79. The van der Waals surface area contributed by atoms with Gasteiger partial charge in [0.15, 0.2) is 0 Å². The summed E-state index contributed by atoms with van der Waals surface area (Å²) in [6, 6.07) is 20.1. The van der Waals surface area contributed by atoms with Crippen LogP contribution in [0.1, 0.15) is 33.7 Å². The van der Waals surface area contributed by atoms with Gasteiger partial charge < -0.3 is 15.8 Å². The van der Waals surface area contributed by atoms with E-state index in [1.807, 2.05) is 37.3 Å². The molecule has 3 aromatic rings. The molecule has 0 saturated heterocycles. The summed E-state index contributed by atoms with van der Waals surface area (Å²) in [6.07, 6.45) is 5.06. The van der Waals surface area contributed by atoms with Crippen molar-refractivity contribution in [2.24, 2.45) is 0 Å². The van der Waals surface area contributed by atoms with Crippen LogP contribution in [-0.4, -0.2) is 12.7 Å². The average molecular weight is 382 g/mol. The summed E-state index contributed by atoms with van der Waals surface area (Å²) in [4.78, 5) is 12.3. The Hall–Kier alpha value is -3.71. The maximum Gasteiger partial charge on any atom is 0.407 e. The molecule has 0 bridgehead atoms. The number of carbonyl (C=O) groups is 1.